The van der Waals surface area contributed by atoms with Gasteiger partial charge in [-0.05, 0) is 50.5 Å². The number of allylic oxidation sites excluding steroid dienone is 1. The first-order valence-electron chi connectivity index (χ1n) is 11.3. The van der Waals surface area contributed by atoms with Crippen molar-refractivity contribution in [3.05, 3.63) is 82.0 Å². The van der Waals surface area contributed by atoms with Gasteiger partial charge >= 0.3 is 5.97 Å². The molecule has 1 atom stereocenters. The summed E-state index contributed by atoms with van der Waals surface area (Å²) in [6.07, 6.45) is 1.59. The van der Waals surface area contributed by atoms with E-state index >= 15 is 0 Å². The first-order valence-corrected chi connectivity index (χ1v) is 11.6. The summed E-state index contributed by atoms with van der Waals surface area (Å²) in [5.74, 6) is -0.340. The van der Waals surface area contributed by atoms with E-state index in [0.717, 1.165) is 24.2 Å². The maximum Gasteiger partial charge on any atom is 0.307 e. The third-order valence-corrected chi connectivity index (χ3v) is 6.59. The van der Waals surface area contributed by atoms with Crippen molar-refractivity contribution in [2.75, 3.05) is 20.2 Å². The normalized spacial score (nSPS) is 17.3. The molecule has 0 spiro atoms. The van der Waals surface area contributed by atoms with E-state index in [1.807, 2.05) is 31.2 Å². The molecule has 2 aromatic carbocycles. The van der Waals surface area contributed by atoms with Gasteiger partial charge in [-0.3, -0.25) is 9.59 Å². The van der Waals surface area contributed by atoms with E-state index in [4.69, 9.17) is 16.3 Å². The van der Waals surface area contributed by atoms with Crippen molar-refractivity contribution in [2.24, 2.45) is 0 Å². The second kappa shape index (κ2) is 10.4. The van der Waals surface area contributed by atoms with Gasteiger partial charge in [0, 0.05) is 36.8 Å². The van der Waals surface area contributed by atoms with Crippen molar-refractivity contribution in [3.8, 4) is 0 Å². The number of methoxy groups -OCH3 is 1. The number of hydrogen-bond acceptors (Lipinski definition) is 4. The zero-order chi connectivity index (χ0) is 24.2. The molecule has 6 heteroatoms. The highest BCUT2D eigenvalue weighted by molar-refractivity contribution is 6.30. The van der Waals surface area contributed by atoms with Crippen LogP contribution in [0.4, 0.5) is 0 Å². The maximum absolute atomic E-state index is 13.8. The van der Waals surface area contributed by atoms with Crippen LogP contribution in [0.1, 0.15) is 42.0 Å². The van der Waals surface area contributed by atoms with Gasteiger partial charge in [0.15, 0.2) is 0 Å². The number of likely N-dealkylation sites (tertiary alicyclic amines) is 1. The third-order valence-electron chi connectivity index (χ3n) is 6.34. The average molecular weight is 469 g/mol. The van der Waals surface area contributed by atoms with Crippen LogP contribution in [0, 0.1) is 13.8 Å². The fourth-order valence-corrected chi connectivity index (χ4v) is 4.65. The van der Waals surface area contributed by atoms with E-state index in [2.05, 4.69) is 43.5 Å². The summed E-state index contributed by atoms with van der Waals surface area (Å²) in [6, 6.07) is 13.9. The van der Waals surface area contributed by atoms with Gasteiger partial charge in [-0.25, -0.2) is 0 Å². The molecule has 1 amide bonds. The number of nitrogens with zero attached hydrogens (tertiary/aromatic N) is 2. The number of ether oxygens (including phenoxy) is 1. The van der Waals surface area contributed by atoms with Crippen LogP contribution in [-0.4, -0.2) is 47.4 Å². The summed E-state index contributed by atoms with van der Waals surface area (Å²) >= 11 is 6.02. The number of benzene rings is 2. The van der Waals surface area contributed by atoms with E-state index in [0.29, 0.717) is 24.5 Å². The molecule has 0 bridgehead atoms. The number of carbonyl (C=O) groups excluding carboxylic acids is 2. The van der Waals surface area contributed by atoms with Crippen molar-refractivity contribution in [2.45, 2.75) is 52.1 Å². The van der Waals surface area contributed by atoms with Crippen LogP contribution in [0.2, 0.25) is 5.02 Å². The number of hydrogen-bond donors (Lipinski definition) is 0. The van der Waals surface area contributed by atoms with Crippen molar-refractivity contribution >= 4 is 23.5 Å². The molecule has 1 aliphatic heterocycles. The van der Waals surface area contributed by atoms with Crippen molar-refractivity contribution in [3.63, 3.8) is 0 Å². The Balaban J connectivity index is 1.76. The first kappa shape index (κ1) is 24.8. The molecule has 1 fully saturated rings. The van der Waals surface area contributed by atoms with E-state index in [-0.39, 0.29) is 18.3 Å². The standard InChI is InChI=1S/C27H33ClN2O3/c1-19-14-20(2)16-23(15-19)17-21(3)30-13-11-27(30,4)26(32)29(12-10-25(31)33-5)18-22-6-8-24(28)9-7-22/h6-9,14-16H,3,10-13,17-18H2,1-2,4-5H3. The quantitative estimate of drug-likeness (QED) is 0.482. The zero-order valence-corrected chi connectivity index (χ0v) is 20.7. The Hall–Kier alpha value is -2.79. The SMILES string of the molecule is C=C(Cc1cc(C)cc(C)c1)N1CCC1(C)C(=O)N(CCC(=O)OC)Cc1ccc(Cl)cc1. The summed E-state index contributed by atoms with van der Waals surface area (Å²) in [5.41, 5.74) is 4.85. The Bertz CT molecular complexity index is 1010. The summed E-state index contributed by atoms with van der Waals surface area (Å²) in [5, 5.41) is 0.644. The van der Waals surface area contributed by atoms with Crippen LogP contribution in [-0.2, 0) is 27.3 Å². The highest BCUT2D eigenvalue weighted by atomic mass is 35.5. The average Bonchev–Trinajstić information content (AvgIpc) is 2.75. The molecule has 3 rings (SSSR count). The number of aryl methyl sites for hydroxylation is 2. The Morgan fingerprint density at radius 2 is 1.76 bits per heavy atom. The van der Waals surface area contributed by atoms with Crippen LogP contribution in [0.5, 0.6) is 0 Å². The van der Waals surface area contributed by atoms with Gasteiger partial charge in [0.1, 0.15) is 5.54 Å². The molecule has 33 heavy (non-hydrogen) atoms. The number of esters is 1. The van der Waals surface area contributed by atoms with Gasteiger partial charge in [0.25, 0.3) is 0 Å². The minimum Gasteiger partial charge on any atom is -0.469 e. The lowest BCUT2D eigenvalue weighted by Crippen LogP contribution is -2.65. The van der Waals surface area contributed by atoms with Crippen molar-refractivity contribution in [1.82, 2.24) is 9.80 Å². The van der Waals surface area contributed by atoms with Gasteiger partial charge in [0.05, 0.1) is 13.5 Å². The fourth-order valence-electron chi connectivity index (χ4n) is 4.52. The van der Waals surface area contributed by atoms with Crippen LogP contribution in [0.3, 0.4) is 0 Å². The molecule has 2 aromatic rings. The predicted molar refractivity (Wildman–Crippen MR) is 132 cm³/mol. The second-order valence-electron chi connectivity index (χ2n) is 9.09. The molecule has 5 nitrogen and oxygen atoms in total. The lowest BCUT2D eigenvalue weighted by Gasteiger charge is -2.53. The number of halogens is 1. The van der Waals surface area contributed by atoms with Crippen LogP contribution >= 0.6 is 11.6 Å². The topological polar surface area (TPSA) is 49.9 Å². The molecule has 1 unspecified atom stereocenters. The number of rotatable bonds is 9. The highest BCUT2D eigenvalue weighted by Crippen LogP contribution is 2.37. The third kappa shape index (κ3) is 5.97. The Morgan fingerprint density at radius 3 is 2.30 bits per heavy atom. The number of carbonyl (C=O) groups is 2. The smallest absolute Gasteiger partial charge is 0.307 e. The Morgan fingerprint density at radius 1 is 1.12 bits per heavy atom. The molecule has 176 valence electrons. The van der Waals surface area contributed by atoms with Gasteiger partial charge in [-0.2, -0.15) is 0 Å². The van der Waals surface area contributed by atoms with Crippen LogP contribution in [0.15, 0.2) is 54.7 Å². The van der Waals surface area contributed by atoms with Gasteiger partial charge in [-0.1, -0.05) is 59.6 Å². The Labute approximate surface area is 202 Å². The minimum atomic E-state index is -0.682. The summed E-state index contributed by atoms with van der Waals surface area (Å²) in [7, 11) is 1.36. The van der Waals surface area contributed by atoms with E-state index in [9.17, 15) is 9.59 Å². The lowest BCUT2D eigenvalue weighted by atomic mass is 9.83. The molecule has 0 N–H and O–H groups in total. The van der Waals surface area contributed by atoms with Gasteiger partial charge in [0.2, 0.25) is 5.91 Å². The van der Waals surface area contributed by atoms with Gasteiger partial charge < -0.3 is 14.5 Å². The first-order chi connectivity index (χ1) is 15.6. The molecular weight excluding hydrogens is 436 g/mol. The van der Waals surface area contributed by atoms with E-state index < -0.39 is 5.54 Å². The Kier molecular flexibility index (Phi) is 7.85. The molecule has 1 heterocycles. The second-order valence-corrected chi connectivity index (χ2v) is 9.53. The summed E-state index contributed by atoms with van der Waals surface area (Å²) < 4.78 is 4.80. The molecule has 0 saturated carbocycles. The highest BCUT2D eigenvalue weighted by Gasteiger charge is 2.49. The maximum atomic E-state index is 13.8. The summed E-state index contributed by atoms with van der Waals surface area (Å²) in [4.78, 5) is 29.4. The minimum absolute atomic E-state index is 0.00539. The van der Waals surface area contributed by atoms with E-state index in [1.165, 1.54) is 23.8 Å². The predicted octanol–water partition coefficient (Wildman–Crippen LogP) is 5.07. The van der Waals surface area contributed by atoms with Crippen molar-refractivity contribution < 1.29 is 14.3 Å². The molecule has 0 aromatic heterocycles. The summed E-state index contributed by atoms with van der Waals surface area (Å²) in [6.45, 7) is 12.0. The van der Waals surface area contributed by atoms with Crippen molar-refractivity contribution in [1.29, 1.82) is 0 Å². The molecule has 1 saturated heterocycles. The lowest BCUT2D eigenvalue weighted by molar-refractivity contribution is -0.151. The largest absolute Gasteiger partial charge is 0.469 e. The number of amides is 1. The molecule has 1 aliphatic rings. The fraction of sp³-hybridized carbons (Fsp3) is 0.407. The molecule has 0 radical (unpaired) electrons. The van der Waals surface area contributed by atoms with Crippen LogP contribution < -0.4 is 0 Å². The van der Waals surface area contributed by atoms with Gasteiger partial charge in [-0.15, -0.1) is 0 Å². The molecular formula is C27H33ClN2O3. The van der Waals surface area contributed by atoms with Crippen LogP contribution in [0.25, 0.3) is 0 Å². The molecule has 0 aliphatic carbocycles. The monoisotopic (exact) mass is 468 g/mol. The van der Waals surface area contributed by atoms with E-state index in [1.54, 1.807) is 4.90 Å². The zero-order valence-electron chi connectivity index (χ0n) is 20.0.